The fourth-order valence-electron chi connectivity index (χ4n) is 1.77. The van der Waals surface area contributed by atoms with Crippen molar-refractivity contribution in [1.29, 1.82) is 0 Å². The normalized spacial score (nSPS) is 24.1. The summed E-state index contributed by atoms with van der Waals surface area (Å²) in [4.78, 5) is 32.5. The van der Waals surface area contributed by atoms with Crippen LogP contribution in [-0.4, -0.2) is 21.9 Å². The van der Waals surface area contributed by atoms with Gasteiger partial charge in [-0.2, -0.15) is 0 Å². The largest absolute Gasteiger partial charge is 0.359 e. The Balaban J connectivity index is 2.27. The summed E-state index contributed by atoms with van der Waals surface area (Å²) in [5.41, 5.74) is 0.414. The number of amides is 2. The molecule has 2 amide bonds. The van der Waals surface area contributed by atoms with Gasteiger partial charge in [0.2, 0.25) is 0 Å². The van der Waals surface area contributed by atoms with E-state index in [4.69, 9.17) is 5.21 Å². The van der Waals surface area contributed by atoms with Crippen LogP contribution < -0.4 is 5.06 Å². The van der Waals surface area contributed by atoms with Crippen LogP contribution in [0.15, 0.2) is 24.3 Å². The first-order chi connectivity index (χ1) is 8.00. The summed E-state index contributed by atoms with van der Waals surface area (Å²) < 4.78 is 0. The predicted molar refractivity (Wildman–Crippen MR) is 53.2 cm³/mol. The van der Waals surface area contributed by atoms with E-state index in [0.717, 1.165) is 0 Å². The number of hydrogen-bond donors (Lipinski definition) is 2. The number of nitro benzene ring substituents is 1. The molecule has 0 aliphatic carbocycles. The second-order valence-corrected chi connectivity index (χ2v) is 3.74. The van der Waals surface area contributed by atoms with Gasteiger partial charge < -0.3 is 0 Å². The van der Waals surface area contributed by atoms with E-state index in [1.54, 1.807) is 0 Å². The molecule has 17 heavy (non-hydrogen) atoms. The minimum atomic E-state index is -0.728. The van der Waals surface area contributed by atoms with E-state index in [0.29, 0.717) is 5.56 Å². The van der Waals surface area contributed by atoms with Gasteiger partial charge in [-0.3, -0.25) is 10.1 Å². The number of nitrogens with zero attached hydrogens (tertiary/aromatic N) is 1. The van der Waals surface area contributed by atoms with E-state index >= 15 is 0 Å². The molecule has 1 aromatic carbocycles. The Kier molecular flexibility index (Phi) is 2.70. The summed E-state index contributed by atoms with van der Waals surface area (Å²) in [6.45, 7) is 0. The van der Waals surface area contributed by atoms with Gasteiger partial charge in [0, 0.05) is 12.1 Å². The minimum Gasteiger partial charge on any atom is -0.258 e. The molecule has 7 heteroatoms. The van der Waals surface area contributed by atoms with Gasteiger partial charge in [-0.1, -0.05) is 17.2 Å². The number of non-ortho nitro benzene ring substituents is 1. The van der Waals surface area contributed by atoms with Crippen LogP contribution in [0.3, 0.4) is 0 Å². The van der Waals surface area contributed by atoms with Crippen molar-refractivity contribution < 1.29 is 24.8 Å². The minimum absolute atomic E-state index is 0.0809. The highest BCUT2D eigenvalue weighted by Crippen LogP contribution is 2.23. The maximum Gasteiger partial charge on any atom is 0.359 e. The van der Waals surface area contributed by atoms with Gasteiger partial charge in [0.25, 0.3) is 5.69 Å². The van der Waals surface area contributed by atoms with Crippen molar-refractivity contribution in [3.05, 3.63) is 39.9 Å². The number of quaternary nitrogens is 1. The summed E-state index contributed by atoms with van der Waals surface area (Å²) >= 11 is 0. The molecule has 1 fully saturated rings. The van der Waals surface area contributed by atoms with Crippen LogP contribution in [0.5, 0.6) is 0 Å². The lowest BCUT2D eigenvalue weighted by molar-refractivity contribution is -0.948. The zero-order valence-electron chi connectivity index (χ0n) is 8.62. The zero-order chi connectivity index (χ0) is 12.6. The number of imide groups is 1. The molecule has 1 aromatic rings. The maximum absolute atomic E-state index is 11.5. The van der Waals surface area contributed by atoms with E-state index in [2.05, 4.69) is 0 Å². The highest BCUT2D eigenvalue weighted by atomic mass is 16.6. The molecule has 0 aromatic heterocycles. The van der Waals surface area contributed by atoms with Crippen molar-refractivity contribution in [2.75, 3.05) is 0 Å². The Morgan fingerprint density at radius 2 is 1.88 bits per heavy atom. The maximum atomic E-state index is 11.5. The average Bonchev–Trinajstić information content (AvgIpc) is 2.57. The van der Waals surface area contributed by atoms with Gasteiger partial charge in [0.05, 0.1) is 11.3 Å². The van der Waals surface area contributed by atoms with Crippen molar-refractivity contribution in [3.63, 3.8) is 0 Å². The first-order valence-corrected chi connectivity index (χ1v) is 4.88. The van der Waals surface area contributed by atoms with Gasteiger partial charge in [0.1, 0.15) is 5.92 Å². The van der Waals surface area contributed by atoms with E-state index in [-0.39, 0.29) is 12.1 Å². The third kappa shape index (κ3) is 1.93. The van der Waals surface area contributed by atoms with E-state index < -0.39 is 27.7 Å². The molecule has 0 saturated carbocycles. The second-order valence-electron chi connectivity index (χ2n) is 3.74. The van der Waals surface area contributed by atoms with Crippen LogP contribution >= 0.6 is 0 Å². The number of carbonyl (C=O) groups is 2. The summed E-state index contributed by atoms with van der Waals surface area (Å²) in [6, 6.07) is 5.38. The number of hydroxylamine groups is 2. The van der Waals surface area contributed by atoms with Gasteiger partial charge in [-0.05, 0) is 5.56 Å². The van der Waals surface area contributed by atoms with Gasteiger partial charge in [-0.25, -0.2) is 14.8 Å². The van der Waals surface area contributed by atoms with E-state index in [1.807, 2.05) is 0 Å². The van der Waals surface area contributed by atoms with Crippen LogP contribution in [0.2, 0.25) is 0 Å². The lowest BCUT2D eigenvalue weighted by atomic mass is 9.97. The first-order valence-electron chi connectivity index (χ1n) is 4.88. The summed E-state index contributed by atoms with van der Waals surface area (Å²) in [7, 11) is 0. The molecule has 2 unspecified atom stereocenters. The number of hydrogen-bond acceptors (Lipinski definition) is 5. The Hall–Kier alpha value is -2.12. The molecule has 88 valence electrons. The van der Waals surface area contributed by atoms with Crippen LogP contribution in [0.25, 0.3) is 0 Å². The molecular weight excluding hydrogens is 228 g/mol. The monoisotopic (exact) mass is 237 g/mol. The molecular formula is C10H9N2O5+. The molecule has 7 nitrogen and oxygen atoms in total. The van der Waals surface area contributed by atoms with Gasteiger partial charge in [-0.15, -0.1) is 0 Å². The molecule has 0 radical (unpaired) electrons. The molecule has 1 saturated heterocycles. The number of nitro groups is 1. The molecule has 2 N–H and O–H groups in total. The molecule has 2 atom stereocenters. The molecule has 1 aliphatic rings. The van der Waals surface area contributed by atoms with Crippen LogP contribution in [0, 0.1) is 10.1 Å². The lowest BCUT2D eigenvalue weighted by Gasteiger charge is -2.03. The number of nitrogens with one attached hydrogen (secondary N) is 1. The third-order valence-corrected chi connectivity index (χ3v) is 2.71. The Labute approximate surface area is 95.4 Å². The van der Waals surface area contributed by atoms with Crippen molar-refractivity contribution in [2.45, 2.75) is 12.3 Å². The summed E-state index contributed by atoms with van der Waals surface area (Å²) in [5, 5.41) is 18.9. The van der Waals surface area contributed by atoms with Gasteiger partial charge in [0.15, 0.2) is 0 Å². The van der Waals surface area contributed by atoms with Crippen molar-refractivity contribution in [2.24, 2.45) is 0 Å². The summed E-state index contributed by atoms with van der Waals surface area (Å²) in [6.07, 6.45) is -0.0809. The van der Waals surface area contributed by atoms with E-state index in [9.17, 15) is 19.7 Å². The highest BCUT2D eigenvalue weighted by Gasteiger charge is 2.45. The van der Waals surface area contributed by atoms with Crippen molar-refractivity contribution in [3.8, 4) is 0 Å². The van der Waals surface area contributed by atoms with Crippen molar-refractivity contribution >= 4 is 17.5 Å². The fourth-order valence-corrected chi connectivity index (χ4v) is 1.77. The second kappa shape index (κ2) is 4.04. The fraction of sp³-hybridized carbons (Fsp3) is 0.200. The molecule has 2 rings (SSSR count). The van der Waals surface area contributed by atoms with E-state index in [1.165, 1.54) is 24.3 Å². The molecule has 0 spiro atoms. The number of rotatable bonds is 2. The average molecular weight is 237 g/mol. The smallest absolute Gasteiger partial charge is 0.258 e. The van der Waals surface area contributed by atoms with Crippen LogP contribution in [0.1, 0.15) is 17.9 Å². The van der Waals surface area contributed by atoms with Crippen LogP contribution in [0.4, 0.5) is 5.69 Å². The standard InChI is InChI=1S/C10H8N2O5/c13-9-5-8(10(14)11(9)15)6-1-3-7(4-2-6)12(16)17/h1-4,8,15H,5H2/p+1. The Morgan fingerprint density at radius 3 is 2.29 bits per heavy atom. The first kappa shape index (κ1) is 11.4. The molecule has 0 bridgehead atoms. The SMILES string of the molecule is O=C1CC(c2ccc([N+](=O)[O-])cc2)C(=O)[NH+]1O. The van der Waals surface area contributed by atoms with Crippen molar-refractivity contribution in [1.82, 2.24) is 0 Å². The number of benzene rings is 1. The predicted octanol–water partition coefficient (Wildman–Crippen LogP) is -0.591. The zero-order valence-corrected chi connectivity index (χ0v) is 8.62. The molecule has 1 heterocycles. The summed E-state index contributed by atoms with van der Waals surface area (Å²) in [5.74, 6) is -1.93. The number of carbonyl (C=O) groups excluding carboxylic acids is 2. The van der Waals surface area contributed by atoms with Gasteiger partial charge >= 0.3 is 11.8 Å². The topological polar surface area (TPSA) is 102 Å². The quantitative estimate of drug-likeness (QED) is 0.310. The Morgan fingerprint density at radius 1 is 1.29 bits per heavy atom. The highest BCUT2D eigenvalue weighted by molar-refractivity contribution is 5.93. The third-order valence-electron chi connectivity index (χ3n) is 2.71. The van der Waals surface area contributed by atoms with Crippen LogP contribution in [-0.2, 0) is 9.59 Å². The lowest BCUT2D eigenvalue weighted by Crippen LogP contribution is -3.12. The molecule has 1 aliphatic heterocycles. The Bertz CT molecular complexity index is 496.